The van der Waals surface area contributed by atoms with Crippen molar-refractivity contribution < 1.29 is 18.3 Å². The Labute approximate surface area is 126 Å². The van der Waals surface area contributed by atoms with Crippen LogP contribution in [-0.4, -0.2) is 26.3 Å². The van der Waals surface area contributed by atoms with Crippen molar-refractivity contribution in [3.05, 3.63) is 29.7 Å². The second kappa shape index (κ2) is 5.19. The normalized spacial score (nSPS) is 12.5. The summed E-state index contributed by atoms with van der Waals surface area (Å²) < 4.78 is 33.4. The van der Waals surface area contributed by atoms with Gasteiger partial charge >= 0.3 is 6.09 Å². The predicted octanol–water partition coefficient (Wildman–Crippen LogP) is 2.77. The Morgan fingerprint density at radius 3 is 2.45 bits per heavy atom. The van der Waals surface area contributed by atoms with Crippen LogP contribution in [0.1, 0.15) is 40.4 Å². The van der Waals surface area contributed by atoms with Crippen LogP contribution < -0.4 is 5.32 Å². The maximum Gasteiger partial charge on any atom is 0.408 e. The zero-order chi connectivity index (χ0) is 16.7. The number of amides is 1. The number of carbonyl (C=O) groups excluding carboxylic acids is 1. The maximum atomic E-state index is 13.7. The highest BCUT2D eigenvalue weighted by atomic mass is 19.1. The van der Waals surface area contributed by atoms with Crippen LogP contribution in [0, 0.1) is 11.6 Å². The summed E-state index contributed by atoms with van der Waals surface area (Å²) in [5.41, 5.74) is -1.82. The van der Waals surface area contributed by atoms with Crippen LogP contribution in [0.5, 0.6) is 0 Å². The molecule has 0 bridgehead atoms. The molecular weight excluding hydrogens is 294 g/mol. The fourth-order valence-electron chi connectivity index (χ4n) is 1.96. The highest BCUT2D eigenvalue weighted by Crippen LogP contribution is 2.21. The van der Waals surface area contributed by atoms with Crippen molar-refractivity contribution in [2.75, 3.05) is 0 Å². The number of pyridine rings is 1. The summed E-state index contributed by atoms with van der Waals surface area (Å²) in [6.45, 7) is 8.47. The van der Waals surface area contributed by atoms with Crippen molar-refractivity contribution in [2.24, 2.45) is 0 Å². The molecule has 0 atom stereocenters. The highest BCUT2D eigenvalue weighted by Gasteiger charge is 2.31. The second-order valence-electron chi connectivity index (χ2n) is 6.48. The standard InChI is InChI=1S/C14H18F2N4O2/c1-13(2,3)22-12(21)17-14(4,5)11-19-18-10-9(16)6-8(15)7-20(10)11/h6-7H,1-5H3,(H,17,21). The van der Waals surface area contributed by atoms with Gasteiger partial charge in [-0.25, -0.2) is 13.6 Å². The van der Waals surface area contributed by atoms with Crippen LogP contribution in [0.25, 0.3) is 5.65 Å². The number of aromatic nitrogens is 3. The van der Waals surface area contributed by atoms with E-state index in [0.717, 1.165) is 12.3 Å². The van der Waals surface area contributed by atoms with Crippen LogP contribution in [0.3, 0.4) is 0 Å². The van der Waals surface area contributed by atoms with Crippen molar-refractivity contribution in [1.82, 2.24) is 19.9 Å². The van der Waals surface area contributed by atoms with Crippen molar-refractivity contribution >= 4 is 11.7 Å². The van der Waals surface area contributed by atoms with Gasteiger partial charge in [-0.3, -0.25) is 4.40 Å². The van der Waals surface area contributed by atoms with Gasteiger partial charge in [0.1, 0.15) is 11.4 Å². The van der Waals surface area contributed by atoms with E-state index in [1.165, 1.54) is 4.40 Å². The first-order valence-corrected chi connectivity index (χ1v) is 6.71. The van der Waals surface area contributed by atoms with Crippen LogP contribution in [0.15, 0.2) is 12.3 Å². The number of fused-ring (bicyclic) bond motifs is 1. The summed E-state index contributed by atoms with van der Waals surface area (Å²) in [7, 11) is 0. The Hall–Kier alpha value is -2.25. The minimum Gasteiger partial charge on any atom is -0.444 e. The number of hydrogen-bond acceptors (Lipinski definition) is 4. The number of hydrogen-bond donors (Lipinski definition) is 1. The number of alkyl carbamates (subject to hydrolysis) is 1. The van der Waals surface area contributed by atoms with Gasteiger partial charge in [0.05, 0.1) is 5.54 Å². The summed E-state index contributed by atoms with van der Waals surface area (Å²) in [6, 6.07) is 0.724. The van der Waals surface area contributed by atoms with Crippen molar-refractivity contribution in [3.63, 3.8) is 0 Å². The zero-order valence-corrected chi connectivity index (χ0v) is 13.1. The number of rotatable bonds is 2. The quantitative estimate of drug-likeness (QED) is 0.926. The van der Waals surface area contributed by atoms with Crippen molar-refractivity contribution in [2.45, 2.75) is 45.8 Å². The summed E-state index contributed by atoms with van der Waals surface area (Å²) in [4.78, 5) is 11.9. The molecule has 0 aliphatic heterocycles. The molecule has 0 radical (unpaired) electrons. The summed E-state index contributed by atoms with van der Waals surface area (Å²) in [6.07, 6.45) is 0.401. The van der Waals surface area contributed by atoms with Crippen LogP contribution in [-0.2, 0) is 10.3 Å². The molecule has 22 heavy (non-hydrogen) atoms. The molecule has 8 heteroatoms. The molecule has 2 rings (SSSR count). The van der Waals surface area contributed by atoms with Crippen molar-refractivity contribution in [3.8, 4) is 0 Å². The molecule has 0 saturated heterocycles. The molecule has 1 N–H and O–H groups in total. The van der Waals surface area contributed by atoms with Gasteiger partial charge in [0, 0.05) is 12.3 Å². The Bertz CT molecular complexity index is 719. The fraction of sp³-hybridized carbons (Fsp3) is 0.500. The van der Waals surface area contributed by atoms with E-state index in [0.29, 0.717) is 0 Å². The Morgan fingerprint density at radius 2 is 1.86 bits per heavy atom. The van der Waals surface area contributed by atoms with E-state index in [2.05, 4.69) is 15.5 Å². The SMILES string of the molecule is CC(C)(C)OC(=O)NC(C)(C)c1nnc2c(F)cc(F)cn12. The first-order chi connectivity index (χ1) is 9.99. The minimum absolute atomic E-state index is 0.115. The van der Waals surface area contributed by atoms with E-state index in [-0.39, 0.29) is 11.5 Å². The molecule has 0 saturated carbocycles. The molecule has 0 unspecified atom stereocenters. The monoisotopic (exact) mass is 312 g/mol. The van der Waals surface area contributed by atoms with Crippen LogP contribution >= 0.6 is 0 Å². The largest absolute Gasteiger partial charge is 0.444 e. The molecule has 2 aromatic heterocycles. The molecule has 0 aliphatic rings. The topological polar surface area (TPSA) is 68.5 Å². The molecule has 0 aromatic carbocycles. The van der Waals surface area contributed by atoms with Crippen LogP contribution in [0.2, 0.25) is 0 Å². The molecule has 2 aromatic rings. The Morgan fingerprint density at radius 1 is 1.23 bits per heavy atom. The first-order valence-electron chi connectivity index (χ1n) is 6.71. The van der Waals surface area contributed by atoms with E-state index in [4.69, 9.17) is 4.74 Å². The van der Waals surface area contributed by atoms with E-state index < -0.39 is 28.9 Å². The molecule has 6 nitrogen and oxygen atoms in total. The average molecular weight is 312 g/mol. The van der Waals surface area contributed by atoms with Gasteiger partial charge in [0.25, 0.3) is 0 Å². The fourth-order valence-corrected chi connectivity index (χ4v) is 1.96. The van der Waals surface area contributed by atoms with E-state index in [1.54, 1.807) is 34.6 Å². The lowest BCUT2D eigenvalue weighted by atomic mass is 10.1. The van der Waals surface area contributed by atoms with Gasteiger partial charge in [-0.1, -0.05) is 0 Å². The van der Waals surface area contributed by atoms with Gasteiger partial charge in [0.2, 0.25) is 0 Å². The summed E-state index contributed by atoms with van der Waals surface area (Å²) >= 11 is 0. The smallest absolute Gasteiger partial charge is 0.408 e. The molecule has 0 fully saturated rings. The molecule has 0 aliphatic carbocycles. The van der Waals surface area contributed by atoms with Crippen LogP contribution in [0.4, 0.5) is 13.6 Å². The minimum atomic E-state index is -1.04. The third kappa shape index (κ3) is 3.32. The third-order valence-electron chi connectivity index (χ3n) is 2.80. The number of halogens is 2. The lowest BCUT2D eigenvalue weighted by molar-refractivity contribution is 0.0465. The molecular formula is C14H18F2N4O2. The molecule has 0 spiro atoms. The Balaban J connectivity index is 2.36. The number of carbonyl (C=O) groups is 1. The van der Waals surface area contributed by atoms with Gasteiger partial charge in [-0.2, -0.15) is 0 Å². The van der Waals surface area contributed by atoms with Crippen molar-refractivity contribution in [1.29, 1.82) is 0 Å². The van der Waals surface area contributed by atoms with E-state index in [9.17, 15) is 13.6 Å². The zero-order valence-electron chi connectivity index (χ0n) is 13.1. The molecule has 2 heterocycles. The number of nitrogens with one attached hydrogen (secondary N) is 1. The number of ether oxygens (including phenoxy) is 1. The van der Waals surface area contributed by atoms with Gasteiger partial charge in [0.15, 0.2) is 17.3 Å². The predicted molar refractivity (Wildman–Crippen MR) is 75.3 cm³/mol. The first kappa shape index (κ1) is 16.1. The second-order valence-corrected chi connectivity index (χ2v) is 6.48. The maximum absolute atomic E-state index is 13.7. The average Bonchev–Trinajstić information content (AvgIpc) is 2.69. The van der Waals surface area contributed by atoms with E-state index in [1.807, 2.05) is 0 Å². The van der Waals surface area contributed by atoms with Gasteiger partial charge in [-0.05, 0) is 34.6 Å². The highest BCUT2D eigenvalue weighted by molar-refractivity contribution is 5.68. The number of nitrogens with zero attached hydrogens (tertiary/aromatic N) is 3. The van der Waals surface area contributed by atoms with E-state index >= 15 is 0 Å². The summed E-state index contributed by atoms with van der Waals surface area (Å²) in [5, 5.41) is 10.2. The summed E-state index contributed by atoms with van der Waals surface area (Å²) in [5.74, 6) is -1.40. The molecule has 1 amide bonds. The third-order valence-corrected chi connectivity index (χ3v) is 2.80. The lowest BCUT2D eigenvalue weighted by Crippen LogP contribution is -2.44. The van der Waals surface area contributed by atoms with Gasteiger partial charge < -0.3 is 10.1 Å². The lowest BCUT2D eigenvalue weighted by Gasteiger charge is -2.27. The Kier molecular flexibility index (Phi) is 3.80. The van der Waals surface area contributed by atoms with Gasteiger partial charge in [-0.15, -0.1) is 10.2 Å². The molecule has 120 valence electrons.